The highest BCUT2D eigenvalue weighted by Crippen LogP contribution is 2.29. The van der Waals surface area contributed by atoms with E-state index in [0.29, 0.717) is 12.6 Å². The van der Waals surface area contributed by atoms with Gasteiger partial charge in [0, 0.05) is 24.8 Å². The Bertz CT molecular complexity index is 387. The first-order valence-corrected chi connectivity index (χ1v) is 6.69. The number of aryl methyl sites for hydroxylation is 1. The summed E-state index contributed by atoms with van der Waals surface area (Å²) < 4.78 is 0. The number of rotatable bonds is 2. The molecule has 2 nitrogen and oxygen atoms in total. The maximum atomic E-state index is 5.71. The van der Waals surface area contributed by atoms with Crippen LogP contribution in [0.5, 0.6) is 0 Å². The third-order valence-electron chi connectivity index (χ3n) is 4.25. The van der Waals surface area contributed by atoms with Crippen molar-refractivity contribution in [3.63, 3.8) is 0 Å². The summed E-state index contributed by atoms with van der Waals surface area (Å²) in [6.07, 6.45) is 2.67. The number of hydrogen-bond acceptors (Lipinski definition) is 2. The van der Waals surface area contributed by atoms with Crippen molar-refractivity contribution in [2.45, 2.75) is 46.2 Å². The molecule has 0 aliphatic carbocycles. The minimum atomic E-state index is 0.637. The van der Waals surface area contributed by atoms with Crippen LogP contribution in [0.15, 0.2) is 18.2 Å². The van der Waals surface area contributed by atoms with Gasteiger partial charge >= 0.3 is 0 Å². The molecule has 1 aliphatic rings. The predicted octanol–water partition coefficient (Wildman–Crippen LogP) is 3.08. The molecule has 2 N–H and O–H groups in total. The summed E-state index contributed by atoms with van der Waals surface area (Å²) in [5.41, 5.74) is 9.65. The van der Waals surface area contributed by atoms with Gasteiger partial charge in [0.15, 0.2) is 0 Å². The average molecular weight is 232 g/mol. The fourth-order valence-electron chi connectivity index (χ4n) is 2.79. The molecule has 1 aromatic carbocycles. The summed E-state index contributed by atoms with van der Waals surface area (Å²) in [5, 5.41) is 0. The molecule has 0 saturated carbocycles. The first kappa shape index (κ1) is 12.4. The Morgan fingerprint density at radius 2 is 2.12 bits per heavy atom. The summed E-state index contributed by atoms with van der Waals surface area (Å²) in [6, 6.07) is 7.34. The standard InChI is InChI=1S/C15H24N2/c1-11-5-4-8-17(13(11)3)15-7-6-14(10-16)12(2)9-15/h6-7,9,11,13H,4-5,8,10,16H2,1-3H3. The van der Waals surface area contributed by atoms with E-state index in [1.54, 1.807) is 0 Å². The molecule has 0 bridgehead atoms. The van der Waals surface area contributed by atoms with E-state index in [-0.39, 0.29) is 0 Å². The van der Waals surface area contributed by atoms with Gasteiger partial charge in [0.05, 0.1) is 0 Å². The van der Waals surface area contributed by atoms with Crippen LogP contribution in [-0.4, -0.2) is 12.6 Å². The van der Waals surface area contributed by atoms with Gasteiger partial charge in [-0.1, -0.05) is 13.0 Å². The van der Waals surface area contributed by atoms with Crippen LogP contribution < -0.4 is 10.6 Å². The molecule has 0 amide bonds. The lowest BCUT2D eigenvalue weighted by Crippen LogP contribution is -2.42. The number of hydrogen-bond donors (Lipinski definition) is 1. The molecule has 94 valence electrons. The first-order valence-electron chi connectivity index (χ1n) is 6.69. The van der Waals surface area contributed by atoms with E-state index in [2.05, 4.69) is 43.9 Å². The van der Waals surface area contributed by atoms with E-state index in [0.717, 1.165) is 5.92 Å². The van der Waals surface area contributed by atoms with E-state index in [1.807, 2.05) is 0 Å². The van der Waals surface area contributed by atoms with Gasteiger partial charge in [-0.15, -0.1) is 0 Å². The Hall–Kier alpha value is -1.02. The molecule has 2 heteroatoms. The highest BCUT2D eigenvalue weighted by molar-refractivity contribution is 5.52. The van der Waals surface area contributed by atoms with Crippen molar-refractivity contribution in [1.29, 1.82) is 0 Å². The van der Waals surface area contributed by atoms with Gasteiger partial charge in [-0.2, -0.15) is 0 Å². The van der Waals surface area contributed by atoms with Crippen LogP contribution in [0.1, 0.15) is 37.8 Å². The van der Waals surface area contributed by atoms with Crippen molar-refractivity contribution in [2.75, 3.05) is 11.4 Å². The van der Waals surface area contributed by atoms with Gasteiger partial charge in [0.1, 0.15) is 0 Å². The second-order valence-corrected chi connectivity index (χ2v) is 5.37. The SMILES string of the molecule is Cc1cc(N2CCCC(C)C2C)ccc1CN. The van der Waals surface area contributed by atoms with Gasteiger partial charge in [-0.3, -0.25) is 0 Å². The van der Waals surface area contributed by atoms with Gasteiger partial charge < -0.3 is 10.6 Å². The molecule has 2 unspecified atom stereocenters. The molecule has 0 aromatic heterocycles. The van der Waals surface area contributed by atoms with Crippen molar-refractivity contribution in [3.05, 3.63) is 29.3 Å². The number of nitrogens with zero attached hydrogens (tertiary/aromatic N) is 1. The Kier molecular flexibility index (Phi) is 3.72. The van der Waals surface area contributed by atoms with Crippen molar-refractivity contribution in [2.24, 2.45) is 11.7 Å². The van der Waals surface area contributed by atoms with Crippen LogP contribution in [0.4, 0.5) is 5.69 Å². The van der Waals surface area contributed by atoms with Crippen LogP contribution in [-0.2, 0) is 6.54 Å². The van der Waals surface area contributed by atoms with E-state index in [1.165, 1.54) is 36.2 Å². The minimum absolute atomic E-state index is 0.637. The molecule has 0 spiro atoms. The summed E-state index contributed by atoms with van der Waals surface area (Å²) in [5.74, 6) is 0.790. The molecule has 1 saturated heterocycles. The Morgan fingerprint density at radius 1 is 1.35 bits per heavy atom. The van der Waals surface area contributed by atoms with E-state index in [4.69, 9.17) is 5.73 Å². The molecule has 1 fully saturated rings. The van der Waals surface area contributed by atoms with Crippen LogP contribution in [0.3, 0.4) is 0 Å². The van der Waals surface area contributed by atoms with Crippen LogP contribution in [0.2, 0.25) is 0 Å². The lowest BCUT2D eigenvalue weighted by molar-refractivity contribution is 0.363. The molecule has 1 heterocycles. The smallest absolute Gasteiger partial charge is 0.0371 e. The second-order valence-electron chi connectivity index (χ2n) is 5.37. The quantitative estimate of drug-likeness (QED) is 0.849. The topological polar surface area (TPSA) is 29.3 Å². The molecule has 0 radical (unpaired) electrons. The van der Waals surface area contributed by atoms with Crippen LogP contribution in [0.25, 0.3) is 0 Å². The minimum Gasteiger partial charge on any atom is -0.369 e. The lowest BCUT2D eigenvalue weighted by atomic mass is 9.91. The lowest BCUT2D eigenvalue weighted by Gasteiger charge is -2.40. The monoisotopic (exact) mass is 232 g/mol. The van der Waals surface area contributed by atoms with Crippen molar-refractivity contribution < 1.29 is 0 Å². The highest BCUT2D eigenvalue weighted by atomic mass is 15.2. The third kappa shape index (κ3) is 2.47. The molecule has 2 rings (SSSR count). The van der Waals surface area contributed by atoms with Gasteiger partial charge in [0.25, 0.3) is 0 Å². The van der Waals surface area contributed by atoms with E-state index in [9.17, 15) is 0 Å². The van der Waals surface area contributed by atoms with Crippen molar-refractivity contribution in [1.82, 2.24) is 0 Å². The van der Waals surface area contributed by atoms with Gasteiger partial charge in [-0.05, 0) is 55.9 Å². The highest BCUT2D eigenvalue weighted by Gasteiger charge is 2.24. The fourth-order valence-corrected chi connectivity index (χ4v) is 2.79. The average Bonchev–Trinajstić information content (AvgIpc) is 2.32. The number of benzene rings is 1. The summed E-state index contributed by atoms with van der Waals surface area (Å²) in [6.45, 7) is 8.68. The Balaban J connectivity index is 2.24. The van der Waals surface area contributed by atoms with Crippen LogP contribution >= 0.6 is 0 Å². The summed E-state index contributed by atoms with van der Waals surface area (Å²) >= 11 is 0. The zero-order valence-corrected chi connectivity index (χ0v) is 11.2. The van der Waals surface area contributed by atoms with Gasteiger partial charge in [0.2, 0.25) is 0 Å². The zero-order valence-electron chi connectivity index (χ0n) is 11.2. The van der Waals surface area contributed by atoms with Crippen molar-refractivity contribution >= 4 is 5.69 Å². The van der Waals surface area contributed by atoms with Crippen LogP contribution in [0, 0.1) is 12.8 Å². The Labute approximate surface area is 105 Å². The molecular weight excluding hydrogens is 208 g/mol. The van der Waals surface area contributed by atoms with Gasteiger partial charge in [-0.25, -0.2) is 0 Å². The maximum absolute atomic E-state index is 5.71. The molecule has 17 heavy (non-hydrogen) atoms. The predicted molar refractivity (Wildman–Crippen MR) is 74.3 cm³/mol. The normalized spacial score (nSPS) is 25.1. The number of anilines is 1. The van der Waals surface area contributed by atoms with E-state index < -0.39 is 0 Å². The largest absolute Gasteiger partial charge is 0.369 e. The zero-order chi connectivity index (χ0) is 12.4. The van der Waals surface area contributed by atoms with Crippen molar-refractivity contribution in [3.8, 4) is 0 Å². The fraction of sp³-hybridized carbons (Fsp3) is 0.600. The third-order valence-corrected chi connectivity index (χ3v) is 4.25. The maximum Gasteiger partial charge on any atom is 0.0371 e. The molecule has 2 atom stereocenters. The summed E-state index contributed by atoms with van der Waals surface area (Å²) in [4.78, 5) is 2.54. The Morgan fingerprint density at radius 3 is 2.76 bits per heavy atom. The molecule has 1 aromatic rings. The second kappa shape index (κ2) is 5.09. The van der Waals surface area contributed by atoms with E-state index >= 15 is 0 Å². The molecular formula is C15H24N2. The molecule has 1 aliphatic heterocycles. The number of piperidine rings is 1. The first-order chi connectivity index (χ1) is 8.13. The summed E-state index contributed by atoms with van der Waals surface area (Å²) in [7, 11) is 0. The number of nitrogens with two attached hydrogens (primary N) is 1.